The molecule has 1 aromatic carbocycles. The second-order valence-electron chi connectivity index (χ2n) is 7.09. The Balaban J connectivity index is 1.41. The number of sulfone groups is 1. The van der Waals surface area contributed by atoms with Crippen molar-refractivity contribution in [3.8, 4) is 0 Å². The van der Waals surface area contributed by atoms with E-state index < -0.39 is 27.5 Å². The Hall–Kier alpha value is -2.95. The van der Waals surface area contributed by atoms with Crippen LogP contribution in [-0.2, 0) is 26.0 Å². The number of para-hydroxylation sites is 2. The topological polar surface area (TPSA) is 131 Å². The Kier molecular flexibility index (Phi) is 4.99. The normalized spacial score (nSPS) is 21.4. The molecule has 29 heavy (non-hydrogen) atoms. The van der Waals surface area contributed by atoms with Gasteiger partial charge in [-0.1, -0.05) is 12.1 Å². The first-order valence-corrected chi connectivity index (χ1v) is 11.1. The highest BCUT2D eigenvalue weighted by Crippen LogP contribution is 2.22. The summed E-state index contributed by atoms with van der Waals surface area (Å²) in [4.78, 5) is 36.6. The van der Waals surface area contributed by atoms with Crippen molar-refractivity contribution in [3.05, 3.63) is 34.8 Å². The SMILES string of the molecule is O=C(NCCn1c(=O)oc2ccccc21)C1=NN([C@@H]2CCS(=O)(=O)C2)C(=O)CC1. The Labute approximate surface area is 166 Å². The van der Waals surface area contributed by atoms with Crippen LogP contribution in [0.5, 0.6) is 0 Å². The highest BCUT2D eigenvalue weighted by molar-refractivity contribution is 7.91. The summed E-state index contributed by atoms with van der Waals surface area (Å²) in [5.74, 6) is -1.33. The van der Waals surface area contributed by atoms with Crippen molar-refractivity contribution in [3.63, 3.8) is 0 Å². The summed E-state index contributed by atoms with van der Waals surface area (Å²) < 4.78 is 29.9. The maximum absolute atomic E-state index is 12.5. The van der Waals surface area contributed by atoms with Crippen molar-refractivity contribution in [1.29, 1.82) is 0 Å². The van der Waals surface area contributed by atoms with Crippen molar-refractivity contribution in [2.24, 2.45) is 5.10 Å². The van der Waals surface area contributed by atoms with Gasteiger partial charge in [0, 0.05) is 25.9 Å². The first kappa shape index (κ1) is 19.4. The van der Waals surface area contributed by atoms with E-state index in [9.17, 15) is 22.8 Å². The third-order valence-electron chi connectivity index (χ3n) is 5.07. The van der Waals surface area contributed by atoms with E-state index in [4.69, 9.17) is 4.42 Å². The molecule has 0 radical (unpaired) electrons. The van der Waals surface area contributed by atoms with Crippen LogP contribution in [0.1, 0.15) is 19.3 Å². The molecule has 1 atom stereocenters. The Morgan fingerprint density at radius 1 is 1.24 bits per heavy atom. The van der Waals surface area contributed by atoms with E-state index in [1.807, 2.05) is 0 Å². The summed E-state index contributed by atoms with van der Waals surface area (Å²) in [5, 5.41) is 7.98. The molecule has 1 saturated heterocycles. The van der Waals surface area contributed by atoms with E-state index in [-0.39, 0.29) is 49.1 Å². The van der Waals surface area contributed by atoms with Gasteiger partial charge in [-0.2, -0.15) is 5.10 Å². The lowest BCUT2D eigenvalue weighted by molar-refractivity contribution is -0.133. The van der Waals surface area contributed by atoms with Crippen LogP contribution in [0.4, 0.5) is 0 Å². The molecule has 2 aliphatic rings. The zero-order valence-corrected chi connectivity index (χ0v) is 16.4. The van der Waals surface area contributed by atoms with Crippen molar-refractivity contribution < 1.29 is 22.4 Å². The van der Waals surface area contributed by atoms with Gasteiger partial charge in [0.05, 0.1) is 23.1 Å². The number of hydrogen-bond acceptors (Lipinski definition) is 7. The van der Waals surface area contributed by atoms with Crippen molar-refractivity contribution >= 4 is 38.5 Å². The van der Waals surface area contributed by atoms with Crippen molar-refractivity contribution in [2.45, 2.75) is 31.8 Å². The van der Waals surface area contributed by atoms with Gasteiger partial charge in [-0.25, -0.2) is 18.2 Å². The molecule has 0 unspecified atom stereocenters. The standard InChI is InChI=1S/C18H20N4O6S/c23-16-6-5-13(20-22(16)12-7-10-29(26,27)11-12)17(24)19-8-9-21-14-3-1-2-4-15(14)28-18(21)25/h1-4,12H,5-11H2,(H,19,24)/t12-/m1/s1. The van der Waals surface area contributed by atoms with Crippen molar-refractivity contribution in [2.75, 3.05) is 18.1 Å². The summed E-state index contributed by atoms with van der Waals surface area (Å²) in [6.45, 7) is 0.394. The second kappa shape index (κ2) is 7.47. The first-order valence-electron chi connectivity index (χ1n) is 9.30. The third kappa shape index (κ3) is 3.95. The molecule has 10 nitrogen and oxygen atoms in total. The minimum atomic E-state index is -3.17. The summed E-state index contributed by atoms with van der Waals surface area (Å²) in [6.07, 6.45) is 0.618. The number of hydrazone groups is 1. The molecule has 0 bridgehead atoms. The van der Waals surface area contributed by atoms with Crippen LogP contribution in [0.2, 0.25) is 0 Å². The summed E-state index contributed by atoms with van der Waals surface area (Å²) in [5.41, 5.74) is 1.29. The smallest absolute Gasteiger partial charge is 0.408 e. The number of hydrogen-bond donors (Lipinski definition) is 1. The van der Waals surface area contributed by atoms with Crippen molar-refractivity contribution in [1.82, 2.24) is 14.9 Å². The Morgan fingerprint density at radius 2 is 2.03 bits per heavy atom. The van der Waals surface area contributed by atoms with Crippen LogP contribution in [0, 0.1) is 0 Å². The number of benzene rings is 1. The van der Waals surface area contributed by atoms with Crippen LogP contribution in [-0.4, -0.2) is 59.6 Å². The van der Waals surface area contributed by atoms with Gasteiger partial charge in [-0.05, 0) is 18.6 Å². The van der Waals surface area contributed by atoms with E-state index in [0.717, 1.165) is 5.01 Å². The number of fused-ring (bicyclic) bond motifs is 1. The fourth-order valence-electron chi connectivity index (χ4n) is 3.60. The largest absolute Gasteiger partial charge is 0.420 e. The highest BCUT2D eigenvalue weighted by Gasteiger charge is 2.37. The average molecular weight is 420 g/mol. The van der Waals surface area contributed by atoms with Crippen LogP contribution in [0.15, 0.2) is 38.6 Å². The van der Waals surface area contributed by atoms with Crippen LogP contribution >= 0.6 is 0 Å². The zero-order chi connectivity index (χ0) is 20.6. The van der Waals surface area contributed by atoms with Gasteiger partial charge >= 0.3 is 5.76 Å². The zero-order valence-electron chi connectivity index (χ0n) is 15.5. The molecule has 11 heteroatoms. The number of nitrogens with zero attached hydrogens (tertiary/aromatic N) is 3. The lowest BCUT2D eigenvalue weighted by atomic mass is 10.1. The monoisotopic (exact) mass is 420 g/mol. The van der Waals surface area contributed by atoms with Gasteiger partial charge < -0.3 is 9.73 Å². The number of oxazole rings is 1. The van der Waals surface area contributed by atoms with Gasteiger partial charge in [0.2, 0.25) is 5.91 Å². The molecule has 1 N–H and O–H groups in total. The van der Waals surface area contributed by atoms with Gasteiger partial charge in [-0.15, -0.1) is 0 Å². The summed E-state index contributed by atoms with van der Waals surface area (Å²) in [7, 11) is -3.17. The lowest BCUT2D eigenvalue weighted by Gasteiger charge is -2.27. The van der Waals surface area contributed by atoms with Gasteiger partial charge in [0.15, 0.2) is 15.4 Å². The molecule has 4 rings (SSSR count). The molecule has 1 aromatic heterocycles. The Morgan fingerprint density at radius 3 is 2.79 bits per heavy atom. The minimum Gasteiger partial charge on any atom is -0.408 e. The summed E-state index contributed by atoms with van der Waals surface area (Å²) in [6, 6.07) is 6.48. The summed E-state index contributed by atoms with van der Waals surface area (Å²) >= 11 is 0. The predicted octanol–water partition coefficient (Wildman–Crippen LogP) is -0.124. The molecule has 0 spiro atoms. The van der Waals surface area contributed by atoms with Crippen LogP contribution < -0.4 is 11.1 Å². The second-order valence-corrected chi connectivity index (χ2v) is 9.31. The number of rotatable bonds is 5. The predicted molar refractivity (Wildman–Crippen MR) is 104 cm³/mol. The number of nitrogens with one attached hydrogen (secondary N) is 1. The fourth-order valence-corrected chi connectivity index (χ4v) is 5.29. The quantitative estimate of drug-likeness (QED) is 0.717. The number of carbonyl (C=O) groups is 2. The molecule has 3 heterocycles. The molecule has 2 aromatic rings. The van der Waals surface area contributed by atoms with Gasteiger partial charge in [0.1, 0.15) is 5.71 Å². The number of amides is 2. The lowest BCUT2D eigenvalue weighted by Crippen LogP contribution is -2.44. The van der Waals surface area contributed by atoms with E-state index >= 15 is 0 Å². The van der Waals surface area contributed by atoms with Crippen LogP contribution in [0.25, 0.3) is 11.1 Å². The molecule has 1 fully saturated rings. The highest BCUT2D eigenvalue weighted by atomic mass is 32.2. The van der Waals surface area contributed by atoms with Crippen LogP contribution in [0.3, 0.4) is 0 Å². The maximum Gasteiger partial charge on any atom is 0.420 e. The fraction of sp³-hybridized carbons (Fsp3) is 0.444. The average Bonchev–Trinajstić information content (AvgIpc) is 3.21. The van der Waals surface area contributed by atoms with E-state index in [2.05, 4.69) is 10.4 Å². The molecular formula is C18H20N4O6S. The maximum atomic E-state index is 12.5. The molecule has 0 aliphatic carbocycles. The van der Waals surface area contributed by atoms with E-state index in [1.54, 1.807) is 24.3 Å². The van der Waals surface area contributed by atoms with E-state index in [0.29, 0.717) is 17.5 Å². The molecule has 0 saturated carbocycles. The van der Waals surface area contributed by atoms with E-state index in [1.165, 1.54) is 4.57 Å². The molecule has 2 aliphatic heterocycles. The van der Waals surface area contributed by atoms with Gasteiger partial charge in [-0.3, -0.25) is 14.2 Å². The third-order valence-corrected chi connectivity index (χ3v) is 6.82. The number of aromatic nitrogens is 1. The van der Waals surface area contributed by atoms with Gasteiger partial charge in [0.25, 0.3) is 5.91 Å². The molecule has 154 valence electrons. The minimum absolute atomic E-state index is 0.0197. The first-order chi connectivity index (χ1) is 13.8. The molecule has 2 amide bonds. The number of carbonyl (C=O) groups excluding carboxylic acids is 2. The Bertz CT molecular complexity index is 1160. The molecular weight excluding hydrogens is 400 g/mol.